The first-order valence-electron chi connectivity index (χ1n) is 32.8. The smallest absolute Gasteiger partial charge is 0.410 e. The minimum Gasteiger partial charge on any atom is -0.481 e. The van der Waals surface area contributed by atoms with Gasteiger partial charge in [-0.3, -0.25) is 14.4 Å². The molecule has 0 radical (unpaired) electrons. The third-order valence-corrected chi connectivity index (χ3v) is 16.6. The van der Waals surface area contributed by atoms with Gasteiger partial charge in [-0.2, -0.15) is 0 Å². The summed E-state index contributed by atoms with van der Waals surface area (Å²) in [7, 11) is 0. The highest BCUT2D eigenvalue weighted by Crippen LogP contribution is 2.34. The number of anilines is 4. The van der Waals surface area contributed by atoms with Crippen molar-refractivity contribution in [2.24, 2.45) is 11.8 Å². The van der Waals surface area contributed by atoms with Crippen molar-refractivity contribution in [3.05, 3.63) is 105 Å². The van der Waals surface area contributed by atoms with Crippen LogP contribution in [0.5, 0.6) is 0 Å². The number of hydrogen-bond donors (Lipinski definition) is 7. The number of carboxylic acid groups (broad SMARTS) is 1. The summed E-state index contributed by atoms with van der Waals surface area (Å²) < 4.78 is 21.7. The molecule has 6 amide bonds. The standard InChI is InChI=1S/2C17H24ClN3O3.2C17H22ClN3O2.C2H4O2/c1-17(2,3)24-16(23)21-9-5-6-11(10-21)15(22)20-13-8-4-7-12(18)14(13)19;1-17(2,3)24-16(23)21-9-5-6-11(10-21)15(22)20-14-12(18)7-4-8-13(14)19;2*1-17(2,3)23-16(22)21-9-5-6-11(10-21)15-19-13-8-4-7-12(18)14(13)20-15;1-2(3)4/h2*4,7-8,11H,5-6,9-10,19H2,1-3H3,(H,20,22);2*4,7-8,11H,5-6,9-10H2,1-3H3,(H,19,20);1H3,(H,3,4)/t4*11-;/m1111./s1. The molecule has 0 saturated carbocycles. The normalized spacial score (nSPS) is 18.1. The number of nitrogens with one attached hydrogen (secondary N) is 4. The Balaban J connectivity index is 0.000000202. The van der Waals surface area contributed by atoms with Crippen molar-refractivity contribution in [3.63, 3.8) is 0 Å². The van der Waals surface area contributed by atoms with Gasteiger partial charge in [0.05, 0.1) is 65.7 Å². The molecule has 9 N–H and O–H groups in total. The molecule has 4 aliphatic rings. The Morgan fingerprint density at radius 3 is 1.17 bits per heavy atom. The van der Waals surface area contributed by atoms with E-state index >= 15 is 0 Å². The third-order valence-electron chi connectivity index (χ3n) is 15.4. The van der Waals surface area contributed by atoms with Crippen LogP contribution in [0.4, 0.5) is 41.9 Å². The predicted molar refractivity (Wildman–Crippen MR) is 385 cm³/mol. The summed E-state index contributed by atoms with van der Waals surface area (Å²) in [4.78, 5) is 106. The molecule has 4 saturated heterocycles. The van der Waals surface area contributed by atoms with Crippen LogP contribution in [0, 0.1) is 11.8 Å². The summed E-state index contributed by atoms with van der Waals surface area (Å²) in [6, 6.07) is 21.6. The topological polar surface area (TPSA) is 323 Å². The van der Waals surface area contributed by atoms with E-state index in [0.717, 1.165) is 92.3 Å². The van der Waals surface area contributed by atoms with Crippen molar-refractivity contribution in [2.75, 3.05) is 74.5 Å². The van der Waals surface area contributed by atoms with Gasteiger partial charge in [0, 0.05) is 71.1 Å². The molecule has 536 valence electrons. The van der Waals surface area contributed by atoms with Crippen LogP contribution in [-0.4, -0.2) is 162 Å². The van der Waals surface area contributed by atoms with Gasteiger partial charge in [0.15, 0.2) is 0 Å². The molecular formula is C70H96Cl4N12O12. The number of imidazole rings is 2. The lowest BCUT2D eigenvalue weighted by atomic mass is 9.97. The Morgan fingerprint density at radius 1 is 0.480 bits per heavy atom. The van der Waals surface area contributed by atoms with Crippen LogP contribution < -0.4 is 22.1 Å². The molecule has 2 aromatic heterocycles. The van der Waals surface area contributed by atoms with Gasteiger partial charge in [0.25, 0.3) is 5.97 Å². The fourth-order valence-corrected chi connectivity index (χ4v) is 11.8. The molecule has 0 aliphatic carbocycles. The molecule has 0 spiro atoms. The number of nitrogen functional groups attached to an aromatic ring is 2. The first-order chi connectivity index (χ1) is 45.7. The summed E-state index contributed by atoms with van der Waals surface area (Å²) in [5.74, 6) is 0.328. The monoisotopic (exact) mass is 1440 g/mol. The zero-order chi connectivity index (χ0) is 72.6. The van der Waals surface area contributed by atoms with Crippen LogP contribution in [0.1, 0.15) is 165 Å². The van der Waals surface area contributed by atoms with Crippen molar-refractivity contribution in [1.82, 2.24) is 39.5 Å². The fraction of sp³-hybridized carbons (Fsp3) is 0.529. The van der Waals surface area contributed by atoms with E-state index in [1.807, 2.05) is 119 Å². The second kappa shape index (κ2) is 34.7. The van der Waals surface area contributed by atoms with Gasteiger partial charge in [-0.15, -0.1) is 0 Å². The lowest BCUT2D eigenvalue weighted by Gasteiger charge is -2.33. The second-order valence-corrected chi connectivity index (χ2v) is 30.1. The van der Waals surface area contributed by atoms with Crippen LogP contribution in [0.3, 0.4) is 0 Å². The number of rotatable bonds is 6. The van der Waals surface area contributed by atoms with E-state index in [-0.39, 0.29) is 53.8 Å². The lowest BCUT2D eigenvalue weighted by Crippen LogP contribution is -2.45. The Labute approximate surface area is 593 Å². The molecule has 6 heterocycles. The van der Waals surface area contributed by atoms with E-state index in [9.17, 15) is 28.8 Å². The Kier molecular flexibility index (Phi) is 28.0. The number of amides is 6. The van der Waals surface area contributed by atoms with Crippen LogP contribution in [-0.2, 0) is 33.3 Å². The number of hydrogen-bond acceptors (Lipinski definition) is 15. The van der Waals surface area contributed by atoms with Crippen LogP contribution >= 0.6 is 46.4 Å². The van der Waals surface area contributed by atoms with Crippen LogP contribution in [0.25, 0.3) is 22.1 Å². The highest BCUT2D eigenvalue weighted by molar-refractivity contribution is 6.36. The summed E-state index contributed by atoms with van der Waals surface area (Å²) in [5.41, 5.74) is 14.8. The van der Waals surface area contributed by atoms with Crippen molar-refractivity contribution in [3.8, 4) is 0 Å². The van der Waals surface area contributed by atoms with Gasteiger partial charge >= 0.3 is 24.4 Å². The molecule has 98 heavy (non-hydrogen) atoms. The van der Waals surface area contributed by atoms with Crippen molar-refractivity contribution in [1.29, 1.82) is 0 Å². The number of carboxylic acids is 1. The number of H-pyrrole nitrogens is 2. The maximum absolute atomic E-state index is 12.5. The summed E-state index contributed by atoms with van der Waals surface area (Å²) >= 11 is 24.4. The number of aliphatic carboxylic acids is 1. The molecule has 28 heteroatoms. The van der Waals surface area contributed by atoms with Gasteiger partial charge in [-0.1, -0.05) is 70.7 Å². The molecule has 6 aromatic rings. The molecule has 4 fully saturated rings. The van der Waals surface area contributed by atoms with Gasteiger partial charge in [-0.05, 0) is 183 Å². The number of ether oxygens (including phenoxy) is 4. The first-order valence-corrected chi connectivity index (χ1v) is 34.3. The second-order valence-electron chi connectivity index (χ2n) is 28.5. The maximum atomic E-state index is 12.5. The average molecular weight is 1440 g/mol. The van der Waals surface area contributed by atoms with E-state index in [2.05, 4.69) is 30.6 Å². The van der Waals surface area contributed by atoms with Crippen molar-refractivity contribution in [2.45, 2.75) is 176 Å². The molecule has 4 aliphatic heterocycles. The number of halogens is 4. The highest BCUT2D eigenvalue weighted by Gasteiger charge is 2.35. The minimum atomic E-state index is -0.833. The predicted octanol–water partition coefficient (Wildman–Crippen LogP) is 15.8. The Hall–Kier alpha value is -7.93. The quantitative estimate of drug-likeness (QED) is 0.0602. The number of likely N-dealkylation sites (tertiary alicyclic amines) is 4. The number of benzene rings is 4. The van der Waals surface area contributed by atoms with Crippen LogP contribution in [0.15, 0.2) is 72.8 Å². The summed E-state index contributed by atoms with van der Waals surface area (Å²) in [6.45, 7) is 27.8. The van der Waals surface area contributed by atoms with Gasteiger partial charge in [-0.25, -0.2) is 29.1 Å². The third kappa shape index (κ3) is 24.8. The van der Waals surface area contributed by atoms with E-state index in [1.165, 1.54) is 0 Å². The molecular weight excluding hydrogens is 1340 g/mol. The molecule has 10 rings (SSSR count). The maximum Gasteiger partial charge on any atom is 0.410 e. The highest BCUT2D eigenvalue weighted by atomic mass is 35.5. The van der Waals surface area contributed by atoms with Crippen LogP contribution in [0.2, 0.25) is 20.1 Å². The van der Waals surface area contributed by atoms with Crippen molar-refractivity contribution < 1.29 is 57.6 Å². The van der Waals surface area contributed by atoms with Gasteiger partial charge < -0.3 is 75.7 Å². The zero-order valence-corrected chi connectivity index (χ0v) is 61.4. The SMILES string of the molecule is CC(=O)O.CC(C)(C)OC(=O)N1CCC[C@@H](C(=O)Nc2c(N)cccc2Cl)C1.CC(C)(C)OC(=O)N1CCC[C@@H](C(=O)Nc2cccc(Cl)c2N)C1.CC(C)(C)OC(=O)N1CCC[C@@H](c2nc3c(Cl)cccc3[nH]2)C1.CC(C)(C)OC(=O)N1CCC[C@@H](c2nc3c(Cl)cccc3[nH]2)C1. The number of aromatic amines is 2. The van der Waals surface area contributed by atoms with E-state index in [1.54, 1.807) is 56.0 Å². The molecule has 4 aromatic carbocycles. The molecule has 0 bridgehead atoms. The Morgan fingerprint density at radius 2 is 0.806 bits per heavy atom. The fourth-order valence-electron chi connectivity index (χ4n) is 11.0. The van der Waals surface area contributed by atoms with E-state index in [0.29, 0.717) is 95.0 Å². The number of carbonyl (C=O) groups excluding carboxylic acids is 6. The average Bonchev–Trinajstić information content (AvgIpc) is 1.69. The Bertz CT molecular complexity index is 3600. The number of aromatic nitrogens is 4. The minimum absolute atomic E-state index is 0.169. The number of nitrogens with two attached hydrogens (primary N) is 2. The van der Waals surface area contributed by atoms with E-state index in [4.69, 9.17) is 86.7 Å². The van der Waals surface area contributed by atoms with Crippen molar-refractivity contribution >= 4 is 133 Å². The number of fused-ring (bicyclic) bond motifs is 2. The number of carbonyl (C=O) groups is 7. The molecule has 4 atom stereocenters. The molecule has 0 unspecified atom stereocenters. The van der Waals surface area contributed by atoms with E-state index < -0.39 is 34.5 Å². The van der Waals surface area contributed by atoms with Gasteiger partial charge in [0.1, 0.15) is 45.1 Å². The number of nitrogens with zero attached hydrogens (tertiary/aromatic N) is 6. The molecule has 24 nitrogen and oxygen atoms in total. The first kappa shape index (κ1) is 79.1. The number of piperidine rings is 4. The largest absolute Gasteiger partial charge is 0.481 e. The summed E-state index contributed by atoms with van der Waals surface area (Å²) in [6.07, 6.45) is 5.50. The number of para-hydroxylation sites is 4. The summed E-state index contributed by atoms with van der Waals surface area (Å²) in [5, 5.41) is 15.1. The van der Waals surface area contributed by atoms with Gasteiger partial charge in [0.2, 0.25) is 11.8 Å². The lowest BCUT2D eigenvalue weighted by molar-refractivity contribution is -0.134. The zero-order valence-electron chi connectivity index (χ0n) is 58.3.